The van der Waals surface area contributed by atoms with E-state index in [2.05, 4.69) is 0 Å². The highest BCUT2D eigenvalue weighted by molar-refractivity contribution is 7.92. The molecule has 158 valence electrons. The van der Waals surface area contributed by atoms with Crippen LogP contribution in [0.15, 0.2) is 83.3 Å². The zero-order valence-corrected chi connectivity index (χ0v) is 18.2. The molecule has 1 heterocycles. The number of anilines is 1. The van der Waals surface area contributed by atoms with Crippen LogP contribution in [0, 0.1) is 6.92 Å². The van der Waals surface area contributed by atoms with Crippen molar-refractivity contribution in [2.45, 2.75) is 18.2 Å². The molecule has 0 saturated carbocycles. The molecule has 0 N–H and O–H groups in total. The summed E-state index contributed by atoms with van der Waals surface area (Å²) in [7, 11) is -2.35. The number of ether oxygens (including phenoxy) is 1. The summed E-state index contributed by atoms with van der Waals surface area (Å²) in [6.45, 7) is 2.06. The van der Waals surface area contributed by atoms with Crippen molar-refractivity contribution < 1.29 is 17.9 Å². The van der Waals surface area contributed by atoms with Gasteiger partial charge in [-0.2, -0.15) is 0 Å². The van der Waals surface area contributed by atoms with Crippen molar-refractivity contribution in [1.82, 2.24) is 0 Å². The van der Waals surface area contributed by atoms with Crippen LogP contribution in [0.3, 0.4) is 0 Å². The summed E-state index contributed by atoms with van der Waals surface area (Å²) in [5, 5.41) is 0. The van der Waals surface area contributed by atoms with E-state index in [1.165, 1.54) is 11.4 Å². The first-order valence-corrected chi connectivity index (χ1v) is 11.4. The van der Waals surface area contributed by atoms with E-state index < -0.39 is 10.0 Å². The van der Waals surface area contributed by atoms with Gasteiger partial charge in [-0.25, -0.2) is 8.42 Å². The Balaban J connectivity index is 1.85. The van der Waals surface area contributed by atoms with Crippen LogP contribution in [0.4, 0.5) is 5.69 Å². The number of nitrogens with zero attached hydrogens (tertiary/aromatic N) is 1. The fraction of sp³-hybridized carbons (Fsp3) is 0.160. The molecule has 0 bridgehead atoms. The number of carbonyl (C=O) groups excluding carboxylic acids is 1. The standard InChI is InChI=1S/C25H23NO4S/c1-18-8-11-22(12-9-18)31(28,29)26-15-14-20(16-19-6-4-3-5-7-19)25(27)23-13-10-21(30-2)17-24(23)26/h3-13,16-17H,14-15H2,1-2H3/b20-16+. The number of sulfonamides is 1. The van der Waals surface area contributed by atoms with E-state index >= 15 is 0 Å². The van der Waals surface area contributed by atoms with E-state index in [0.29, 0.717) is 29.0 Å². The number of Topliss-reactive ketones (excluding diaryl/α,β-unsaturated/α-hetero) is 1. The second kappa shape index (κ2) is 8.40. The molecule has 4 rings (SSSR count). The lowest BCUT2D eigenvalue weighted by Gasteiger charge is -2.24. The van der Waals surface area contributed by atoms with Crippen molar-refractivity contribution in [3.05, 3.63) is 95.1 Å². The molecule has 0 atom stereocenters. The predicted octanol–water partition coefficient (Wildman–Crippen LogP) is 4.87. The third kappa shape index (κ3) is 4.11. The second-order valence-electron chi connectivity index (χ2n) is 7.43. The Bertz CT molecular complexity index is 1250. The zero-order valence-electron chi connectivity index (χ0n) is 17.4. The van der Waals surface area contributed by atoms with Crippen molar-refractivity contribution in [1.29, 1.82) is 0 Å². The highest BCUT2D eigenvalue weighted by Crippen LogP contribution is 2.36. The Kier molecular flexibility index (Phi) is 5.65. The van der Waals surface area contributed by atoms with Crippen LogP contribution in [0.25, 0.3) is 6.08 Å². The van der Waals surface area contributed by atoms with Crippen molar-refractivity contribution in [2.24, 2.45) is 0 Å². The van der Waals surface area contributed by atoms with Crippen LogP contribution in [-0.2, 0) is 10.0 Å². The lowest BCUT2D eigenvalue weighted by atomic mass is 9.99. The number of hydrogen-bond donors (Lipinski definition) is 0. The molecule has 0 saturated heterocycles. The number of carbonyl (C=O) groups is 1. The smallest absolute Gasteiger partial charge is 0.264 e. The maximum absolute atomic E-state index is 13.5. The van der Waals surface area contributed by atoms with Crippen LogP contribution in [0.1, 0.15) is 27.9 Å². The molecule has 1 aliphatic rings. The second-order valence-corrected chi connectivity index (χ2v) is 9.29. The Morgan fingerprint density at radius 1 is 0.968 bits per heavy atom. The molecule has 0 amide bonds. The van der Waals surface area contributed by atoms with E-state index in [9.17, 15) is 13.2 Å². The van der Waals surface area contributed by atoms with Gasteiger partial charge in [0.2, 0.25) is 0 Å². The Labute approximate surface area is 182 Å². The molecule has 0 radical (unpaired) electrons. The molecule has 1 aliphatic heterocycles. The average molecular weight is 434 g/mol. The minimum atomic E-state index is -3.86. The molecule has 5 nitrogen and oxygen atoms in total. The van der Waals surface area contributed by atoms with Gasteiger partial charge in [-0.05, 0) is 49.2 Å². The molecule has 0 aromatic heterocycles. The molecular weight excluding hydrogens is 410 g/mol. The fourth-order valence-corrected chi connectivity index (χ4v) is 5.12. The quantitative estimate of drug-likeness (QED) is 0.551. The molecule has 31 heavy (non-hydrogen) atoms. The summed E-state index contributed by atoms with van der Waals surface area (Å²) in [5.74, 6) is 0.314. The number of methoxy groups -OCH3 is 1. The van der Waals surface area contributed by atoms with Crippen LogP contribution in [0.5, 0.6) is 5.75 Å². The first-order valence-electron chi connectivity index (χ1n) is 9.98. The molecule has 0 aliphatic carbocycles. The molecule has 0 unspecified atom stereocenters. The molecule has 0 fully saturated rings. The monoisotopic (exact) mass is 433 g/mol. The van der Waals surface area contributed by atoms with Gasteiger partial charge in [0.25, 0.3) is 10.0 Å². The first kappa shape index (κ1) is 20.9. The van der Waals surface area contributed by atoms with Crippen LogP contribution < -0.4 is 9.04 Å². The zero-order chi connectivity index (χ0) is 22.0. The fourth-order valence-electron chi connectivity index (χ4n) is 3.64. The molecular formula is C25H23NO4S. The average Bonchev–Trinajstić information content (AvgIpc) is 2.91. The summed E-state index contributed by atoms with van der Waals surface area (Å²) < 4.78 is 33.7. The van der Waals surface area contributed by atoms with Crippen LogP contribution in [-0.4, -0.2) is 27.9 Å². The molecule has 0 spiro atoms. The summed E-state index contributed by atoms with van der Waals surface area (Å²) >= 11 is 0. The van der Waals surface area contributed by atoms with E-state index in [0.717, 1.165) is 11.1 Å². The summed E-state index contributed by atoms with van der Waals surface area (Å²) in [4.78, 5) is 13.6. The van der Waals surface area contributed by atoms with Gasteiger partial charge in [-0.3, -0.25) is 9.10 Å². The predicted molar refractivity (Wildman–Crippen MR) is 122 cm³/mol. The van der Waals surface area contributed by atoms with Crippen LogP contribution >= 0.6 is 0 Å². The van der Waals surface area contributed by atoms with Gasteiger partial charge in [0.1, 0.15) is 5.75 Å². The van der Waals surface area contributed by atoms with Gasteiger partial charge in [0.05, 0.1) is 17.7 Å². The lowest BCUT2D eigenvalue weighted by Crippen LogP contribution is -2.32. The number of benzene rings is 3. The van der Waals surface area contributed by atoms with Crippen molar-refractivity contribution in [2.75, 3.05) is 18.0 Å². The third-order valence-electron chi connectivity index (χ3n) is 5.34. The van der Waals surface area contributed by atoms with Crippen molar-refractivity contribution in [3.63, 3.8) is 0 Å². The van der Waals surface area contributed by atoms with Gasteiger partial charge >= 0.3 is 0 Å². The minimum Gasteiger partial charge on any atom is -0.497 e. The minimum absolute atomic E-state index is 0.154. The number of rotatable bonds is 4. The number of ketones is 1. The molecule has 3 aromatic rings. The van der Waals surface area contributed by atoms with Gasteiger partial charge in [-0.1, -0.05) is 48.0 Å². The number of hydrogen-bond acceptors (Lipinski definition) is 4. The van der Waals surface area contributed by atoms with E-state index in [4.69, 9.17) is 4.74 Å². The summed E-state index contributed by atoms with van der Waals surface area (Å²) in [6.07, 6.45) is 2.13. The Morgan fingerprint density at radius 2 is 1.68 bits per heavy atom. The van der Waals surface area contributed by atoms with Gasteiger partial charge in [0.15, 0.2) is 5.78 Å². The molecule has 6 heteroatoms. The lowest BCUT2D eigenvalue weighted by molar-refractivity contribution is 0.103. The third-order valence-corrected chi connectivity index (χ3v) is 7.17. The first-order chi connectivity index (χ1) is 14.9. The highest BCUT2D eigenvalue weighted by Gasteiger charge is 2.32. The van der Waals surface area contributed by atoms with Gasteiger partial charge in [-0.15, -0.1) is 0 Å². The van der Waals surface area contributed by atoms with E-state index in [-0.39, 0.29) is 17.2 Å². The summed E-state index contributed by atoms with van der Waals surface area (Å²) in [5.41, 5.74) is 3.12. The van der Waals surface area contributed by atoms with Gasteiger partial charge in [0, 0.05) is 23.7 Å². The highest BCUT2D eigenvalue weighted by atomic mass is 32.2. The normalized spacial score (nSPS) is 15.5. The topological polar surface area (TPSA) is 63.7 Å². The Hall–Kier alpha value is -3.38. The SMILES string of the molecule is COc1ccc2c(c1)N(S(=O)(=O)c1ccc(C)cc1)CC/C(=C\c1ccccc1)C2=O. The summed E-state index contributed by atoms with van der Waals surface area (Å²) in [6, 6.07) is 21.2. The maximum Gasteiger partial charge on any atom is 0.264 e. The Morgan fingerprint density at radius 3 is 2.35 bits per heavy atom. The van der Waals surface area contributed by atoms with Gasteiger partial charge < -0.3 is 4.74 Å². The number of fused-ring (bicyclic) bond motifs is 1. The molecule has 3 aromatic carbocycles. The maximum atomic E-state index is 13.5. The largest absolute Gasteiger partial charge is 0.497 e. The van der Waals surface area contributed by atoms with E-state index in [1.807, 2.05) is 43.3 Å². The van der Waals surface area contributed by atoms with Crippen LogP contribution in [0.2, 0.25) is 0 Å². The van der Waals surface area contributed by atoms with E-state index in [1.54, 1.807) is 42.5 Å². The number of aryl methyl sites for hydroxylation is 1. The van der Waals surface area contributed by atoms with Crippen molar-refractivity contribution in [3.8, 4) is 5.75 Å². The van der Waals surface area contributed by atoms with Crippen molar-refractivity contribution >= 4 is 27.6 Å².